The molecule has 1 aromatic carbocycles. The molecule has 1 aromatic heterocycles. The topological polar surface area (TPSA) is 39.1 Å². The van der Waals surface area contributed by atoms with Crippen LogP contribution < -0.4 is 5.32 Å². The minimum absolute atomic E-state index is 0.139. The van der Waals surface area contributed by atoms with Crippen LogP contribution in [0.25, 0.3) is 11.0 Å². The zero-order chi connectivity index (χ0) is 13.4. The van der Waals surface area contributed by atoms with Crippen LogP contribution in [0.3, 0.4) is 0 Å². The second-order valence-electron chi connectivity index (χ2n) is 5.12. The number of nitrogens with one attached hydrogen (secondary N) is 1. The number of imidazole rings is 1. The van der Waals surface area contributed by atoms with Crippen LogP contribution in [0, 0.1) is 0 Å². The number of morpholine rings is 1. The van der Waals surface area contributed by atoms with E-state index in [0.717, 1.165) is 35.0 Å². The van der Waals surface area contributed by atoms with Crippen molar-refractivity contribution >= 4 is 22.6 Å². The van der Waals surface area contributed by atoms with Crippen molar-refractivity contribution in [2.24, 2.45) is 0 Å². The lowest BCUT2D eigenvalue weighted by Gasteiger charge is -2.25. The number of nitrogens with zero attached hydrogens (tertiary/aromatic N) is 2. The van der Waals surface area contributed by atoms with Gasteiger partial charge < -0.3 is 14.6 Å². The molecule has 3 rings (SSSR count). The third-order valence-corrected chi connectivity index (χ3v) is 3.74. The van der Waals surface area contributed by atoms with Crippen molar-refractivity contribution in [1.29, 1.82) is 0 Å². The van der Waals surface area contributed by atoms with Crippen LogP contribution in [0.1, 0.15) is 31.8 Å². The van der Waals surface area contributed by atoms with Crippen LogP contribution in [0.5, 0.6) is 0 Å². The highest BCUT2D eigenvalue weighted by Gasteiger charge is 2.24. The van der Waals surface area contributed by atoms with E-state index in [9.17, 15) is 0 Å². The monoisotopic (exact) mass is 279 g/mol. The molecule has 1 saturated heterocycles. The lowest BCUT2D eigenvalue weighted by Crippen LogP contribution is -2.36. The highest BCUT2D eigenvalue weighted by atomic mass is 35.5. The van der Waals surface area contributed by atoms with E-state index >= 15 is 0 Å². The highest BCUT2D eigenvalue weighted by molar-refractivity contribution is 6.35. The Balaban J connectivity index is 2.17. The van der Waals surface area contributed by atoms with E-state index in [0.29, 0.717) is 12.6 Å². The van der Waals surface area contributed by atoms with Crippen LogP contribution in [-0.4, -0.2) is 29.3 Å². The standard InChI is InChI=1S/C14H18ClN3O/c1-9(2)18-13-10(15)4-3-5-11(13)17-14(18)12-8-19-7-6-16-12/h3-5,9,12,16H,6-8H2,1-2H3. The maximum absolute atomic E-state index is 6.35. The van der Waals surface area contributed by atoms with Gasteiger partial charge in [-0.15, -0.1) is 0 Å². The number of halogens is 1. The van der Waals surface area contributed by atoms with Crippen molar-refractivity contribution in [3.05, 3.63) is 29.0 Å². The molecule has 0 amide bonds. The second kappa shape index (κ2) is 5.12. The number of ether oxygens (including phenoxy) is 1. The summed E-state index contributed by atoms with van der Waals surface area (Å²) < 4.78 is 7.76. The van der Waals surface area contributed by atoms with Crippen molar-refractivity contribution in [2.45, 2.75) is 25.9 Å². The molecular formula is C14H18ClN3O. The van der Waals surface area contributed by atoms with Crippen molar-refractivity contribution < 1.29 is 4.74 Å². The van der Waals surface area contributed by atoms with Gasteiger partial charge >= 0.3 is 0 Å². The molecule has 0 aliphatic carbocycles. The zero-order valence-corrected chi connectivity index (χ0v) is 11.9. The van der Waals surface area contributed by atoms with E-state index in [-0.39, 0.29) is 6.04 Å². The summed E-state index contributed by atoms with van der Waals surface area (Å²) in [5, 5.41) is 4.21. The fourth-order valence-electron chi connectivity index (χ4n) is 2.62. The SMILES string of the molecule is CC(C)n1c(C2COCCN2)nc2cccc(Cl)c21. The molecule has 5 heteroatoms. The summed E-state index contributed by atoms with van der Waals surface area (Å²) in [6.07, 6.45) is 0. The van der Waals surface area contributed by atoms with E-state index in [1.165, 1.54) is 0 Å². The van der Waals surface area contributed by atoms with Crippen molar-refractivity contribution in [3.63, 3.8) is 0 Å². The van der Waals surface area contributed by atoms with E-state index < -0.39 is 0 Å². The average Bonchev–Trinajstić information content (AvgIpc) is 2.81. The van der Waals surface area contributed by atoms with Gasteiger partial charge in [0.2, 0.25) is 0 Å². The third kappa shape index (κ3) is 2.24. The number of rotatable bonds is 2. The number of hydrogen-bond donors (Lipinski definition) is 1. The summed E-state index contributed by atoms with van der Waals surface area (Å²) in [6.45, 7) is 6.59. The van der Waals surface area contributed by atoms with Crippen molar-refractivity contribution in [2.75, 3.05) is 19.8 Å². The van der Waals surface area contributed by atoms with E-state index in [4.69, 9.17) is 21.3 Å². The fourth-order valence-corrected chi connectivity index (χ4v) is 2.88. The Bertz CT molecular complexity index is 588. The lowest BCUT2D eigenvalue weighted by molar-refractivity contribution is 0.0729. The van der Waals surface area contributed by atoms with Crippen molar-refractivity contribution in [3.8, 4) is 0 Å². The molecule has 4 nitrogen and oxygen atoms in total. The quantitative estimate of drug-likeness (QED) is 0.919. The number of fused-ring (bicyclic) bond motifs is 1. The number of benzene rings is 1. The molecule has 0 spiro atoms. The molecule has 0 radical (unpaired) electrons. The summed E-state index contributed by atoms with van der Waals surface area (Å²) in [7, 11) is 0. The maximum Gasteiger partial charge on any atom is 0.129 e. The third-order valence-electron chi connectivity index (χ3n) is 3.44. The van der Waals surface area contributed by atoms with Gasteiger partial charge in [-0.1, -0.05) is 17.7 Å². The lowest BCUT2D eigenvalue weighted by atomic mass is 10.2. The summed E-state index contributed by atoms with van der Waals surface area (Å²) >= 11 is 6.35. The Kier molecular flexibility index (Phi) is 3.48. The largest absolute Gasteiger partial charge is 0.378 e. The molecular weight excluding hydrogens is 262 g/mol. The maximum atomic E-state index is 6.35. The molecule has 102 valence electrons. The molecule has 1 unspecified atom stereocenters. The summed E-state index contributed by atoms with van der Waals surface area (Å²) in [6, 6.07) is 6.31. The van der Waals surface area contributed by atoms with E-state index in [1.54, 1.807) is 0 Å². The molecule has 1 fully saturated rings. The van der Waals surface area contributed by atoms with Gasteiger partial charge in [0, 0.05) is 12.6 Å². The van der Waals surface area contributed by atoms with E-state index in [2.05, 4.69) is 23.7 Å². The fraction of sp³-hybridized carbons (Fsp3) is 0.500. The first-order valence-electron chi connectivity index (χ1n) is 6.66. The van der Waals surface area contributed by atoms with Gasteiger partial charge in [0.1, 0.15) is 5.82 Å². The predicted octanol–water partition coefficient (Wildman–Crippen LogP) is 2.93. The molecule has 1 atom stereocenters. The Labute approximate surface area is 117 Å². The summed E-state index contributed by atoms with van der Waals surface area (Å²) in [5.74, 6) is 1.01. The molecule has 0 saturated carbocycles. The van der Waals surface area contributed by atoms with Crippen LogP contribution in [0.2, 0.25) is 5.02 Å². The smallest absolute Gasteiger partial charge is 0.129 e. The zero-order valence-electron chi connectivity index (χ0n) is 11.2. The first-order chi connectivity index (χ1) is 9.18. The highest BCUT2D eigenvalue weighted by Crippen LogP contribution is 2.30. The van der Waals surface area contributed by atoms with Gasteiger partial charge in [0.15, 0.2) is 0 Å². The second-order valence-corrected chi connectivity index (χ2v) is 5.53. The molecule has 2 aromatic rings. The Morgan fingerprint density at radius 3 is 3.00 bits per heavy atom. The first-order valence-corrected chi connectivity index (χ1v) is 7.03. The van der Waals surface area contributed by atoms with Gasteiger partial charge in [0.05, 0.1) is 35.3 Å². The molecule has 19 heavy (non-hydrogen) atoms. The Hall–Kier alpha value is -1.10. The average molecular weight is 280 g/mol. The summed E-state index contributed by atoms with van der Waals surface area (Å²) in [5.41, 5.74) is 1.96. The van der Waals surface area contributed by atoms with Gasteiger partial charge in [-0.2, -0.15) is 0 Å². The van der Waals surface area contributed by atoms with E-state index in [1.807, 2.05) is 18.2 Å². The first kappa shape index (κ1) is 12.9. The normalized spacial score (nSPS) is 20.3. The number of hydrogen-bond acceptors (Lipinski definition) is 3. The summed E-state index contributed by atoms with van der Waals surface area (Å²) in [4.78, 5) is 4.75. The van der Waals surface area contributed by atoms with Gasteiger partial charge in [-0.25, -0.2) is 4.98 Å². The molecule has 1 aliphatic rings. The van der Waals surface area contributed by atoms with Crippen LogP contribution in [-0.2, 0) is 4.74 Å². The minimum Gasteiger partial charge on any atom is -0.378 e. The number of para-hydroxylation sites is 1. The Morgan fingerprint density at radius 1 is 1.47 bits per heavy atom. The number of aromatic nitrogens is 2. The van der Waals surface area contributed by atoms with Crippen LogP contribution >= 0.6 is 11.6 Å². The Morgan fingerprint density at radius 2 is 2.32 bits per heavy atom. The van der Waals surface area contributed by atoms with Crippen molar-refractivity contribution in [1.82, 2.24) is 14.9 Å². The molecule has 1 N–H and O–H groups in total. The van der Waals surface area contributed by atoms with Crippen LogP contribution in [0.15, 0.2) is 18.2 Å². The van der Waals surface area contributed by atoms with Crippen LogP contribution in [0.4, 0.5) is 0 Å². The molecule has 0 bridgehead atoms. The van der Waals surface area contributed by atoms with Gasteiger partial charge in [-0.05, 0) is 26.0 Å². The van der Waals surface area contributed by atoms with Gasteiger partial charge in [0.25, 0.3) is 0 Å². The van der Waals surface area contributed by atoms with Gasteiger partial charge in [-0.3, -0.25) is 0 Å². The molecule has 1 aliphatic heterocycles. The molecule has 2 heterocycles. The predicted molar refractivity (Wildman–Crippen MR) is 76.7 cm³/mol. The minimum atomic E-state index is 0.139.